The monoisotopic (exact) mass is 435 g/mol. The fraction of sp³-hybridized carbons (Fsp3) is 0.583. The van der Waals surface area contributed by atoms with Gasteiger partial charge in [-0.2, -0.15) is 10.2 Å². The smallest absolute Gasteiger partial charge is 0.274 e. The molecule has 0 aliphatic carbocycles. The third kappa shape index (κ3) is 3.65. The standard InChI is InChI=1S/C24H33N7O/c1-5-30-18(4)12-20(27-30)24(32)29-10-7-6-8-21(29)19-13-22-25-23(17(3)15-31(22)26-19)28-11-9-16(2)14-28/h12-13,15-16,21H,5-11,14H2,1-4H3/t16-,21-/m0/s1. The Labute approximate surface area is 189 Å². The number of hydrogen-bond donors (Lipinski definition) is 0. The van der Waals surface area contributed by atoms with Crippen molar-refractivity contribution >= 4 is 17.4 Å². The van der Waals surface area contributed by atoms with Crippen molar-refractivity contribution in [2.45, 2.75) is 66.0 Å². The van der Waals surface area contributed by atoms with Gasteiger partial charge < -0.3 is 9.80 Å². The quantitative estimate of drug-likeness (QED) is 0.624. The predicted octanol–water partition coefficient (Wildman–Crippen LogP) is 3.78. The van der Waals surface area contributed by atoms with Crippen LogP contribution in [0.1, 0.15) is 73.0 Å². The molecule has 1 amide bonds. The maximum atomic E-state index is 13.4. The highest BCUT2D eigenvalue weighted by Gasteiger charge is 2.32. The van der Waals surface area contributed by atoms with Crippen molar-refractivity contribution in [1.29, 1.82) is 0 Å². The molecule has 3 aromatic heterocycles. The molecular formula is C24H33N7O. The van der Waals surface area contributed by atoms with Gasteiger partial charge in [0.2, 0.25) is 0 Å². The lowest BCUT2D eigenvalue weighted by molar-refractivity contribution is 0.0598. The molecule has 5 rings (SSSR count). The van der Waals surface area contributed by atoms with E-state index in [1.807, 2.05) is 34.0 Å². The Kier molecular flexibility index (Phi) is 5.39. The summed E-state index contributed by atoms with van der Waals surface area (Å²) in [5, 5.41) is 9.39. The molecule has 2 atom stereocenters. The summed E-state index contributed by atoms with van der Waals surface area (Å²) < 4.78 is 3.76. The molecule has 0 saturated carbocycles. The van der Waals surface area contributed by atoms with Crippen molar-refractivity contribution in [2.24, 2.45) is 5.92 Å². The van der Waals surface area contributed by atoms with Crippen LogP contribution in [0.2, 0.25) is 0 Å². The lowest BCUT2D eigenvalue weighted by Crippen LogP contribution is -2.39. The zero-order chi connectivity index (χ0) is 22.4. The first-order chi connectivity index (χ1) is 15.4. The van der Waals surface area contributed by atoms with Crippen LogP contribution in [0, 0.1) is 19.8 Å². The van der Waals surface area contributed by atoms with E-state index in [4.69, 9.17) is 10.1 Å². The number of hydrogen-bond acceptors (Lipinski definition) is 5. The number of carbonyl (C=O) groups is 1. The molecule has 0 aromatic carbocycles. The molecule has 2 fully saturated rings. The summed E-state index contributed by atoms with van der Waals surface area (Å²) >= 11 is 0. The van der Waals surface area contributed by atoms with Gasteiger partial charge in [-0.25, -0.2) is 9.50 Å². The summed E-state index contributed by atoms with van der Waals surface area (Å²) in [4.78, 5) is 22.7. The Morgan fingerprint density at radius 1 is 1.12 bits per heavy atom. The molecule has 0 unspecified atom stereocenters. The van der Waals surface area contributed by atoms with Gasteiger partial charge in [0.15, 0.2) is 11.3 Å². The zero-order valence-corrected chi connectivity index (χ0v) is 19.6. The van der Waals surface area contributed by atoms with Crippen LogP contribution in [0.5, 0.6) is 0 Å². The van der Waals surface area contributed by atoms with E-state index in [0.717, 1.165) is 73.9 Å². The molecule has 0 N–H and O–H groups in total. The molecule has 32 heavy (non-hydrogen) atoms. The average molecular weight is 436 g/mol. The summed E-state index contributed by atoms with van der Waals surface area (Å²) in [7, 11) is 0. The Bertz CT molecular complexity index is 1150. The number of amides is 1. The van der Waals surface area contributed by atoms with Gasteiger partial charge >= 0.3 is 0 Å². The third-order valence-electron chi connectivity index (χ3n) is 6.95. The lowest BCUT2D eigenvalue weighted by Gasteiger charge is -2.34. The lowest BCUT2D eigenvalue weighted by atomic mass is 9.99. The Balaban J connectivity index is 1.46. The summed E-state index contributed by atoms with van der Waals surface area (Å²) in [5.41, 5.74) is 4.45. The fourth-order valence-corrected chi connectivity index (χ4v) is 5.19. The summed E-state index contributed by atoms with van der Waals surface area (Å²) in [6.07, 6.45) is 6.30. The van der Waals surface area contributed by atoms with Crippen molar-refractivity contribution in [3.05, 3.63) is 41.0 Å². The molecule has 2 aliphatic rings. The van der Waals surface area contributed by atoms with Crippen molar-refractivity contribution in [3.8, 4) is 0 Å². The number of fused-ring (bicyclic) bond motifs is 1. The second kappa shape index (κ2) is 8.22. The summed E-state index contributed by atoms with van der Waals surface area (Å²) in [6.45, 7) is 12.0. The average Bonchev–Trinajstić information content (AvgIpc) is 3.50. The second-order valence-corrected chi connectivity index (χ2v) is 9.46. The fourth-order valence-electron chi connectivity index (χ4n) is 5.19. The SMILES string of the molecule is CCn1nc(C(=O)N2CCCC[C@H]2c2cc3nc(N4CC[C@H](C)C4)c(C)cn3n2)cc1C. The van der Waals surface area contributed by atoms with E-state index in [9.17, 15) is 4.79 Å². The minimum Gasteiger partial charge on any atom is -0.356 e. The van der Waals surface area contributed by atoms with Crippen LogP contribution in [0.3, 0.4) is 0 Å². The van der Waals surface area contributed by atoms with Crippen molar-refractivity contribution in [1.82, 2.24) is 29.3 Å². The van der Waals surface area contributed by atoms with Crippen molar-refractivity contribution in [3.63, 3.8) is 0 Å². The van der Waals surface area contributed by atoms with Gasteiger partial charge in [0.05, 0.1) is 11.7 Å². The van der Waals surface area contributed by atoms with Crippen LogP contribution >= 0.6 is 0 Å². The van der Waals surface area contributed by atoms with Gasteiger partial charge in [-0.3, -0.25) is 9.48 Å². The maximum absolute atomic E-state index is 13.4. The van der Waals surface area contributed by atoms with E-state index in [2.05, 4.69) is 36.1 Å². The Hall–Kier alpha value is -2.90. The summed E-state index contributed by atoms with van der Waals surface area (Å²) in [5.74, 6) is 1.76. The summed E-state index contributed by atoms with van der Waals surface area (Å²) in [6, 6.07) is 3.92. The minimum atomic E-state index is -0.0411. The number of likely N-dealkylation sites (tertiary alicyclic amines) is 1. The molecule has 2 saturated heterocycles. The second-order valence-electron chi connectivity index (χ2n) is 9.46. The van der Waals surface area contributed by atoms with Crippen molar-refractivity contribution < 1.29 is 4.79 Å². The van der Waals surface area contributed by atoms with E-state index in [0.29, 0.717) is 11.6 Å². The highest BCUT2D eigenvalue weighted by molar-refractivity contribution is 5.92. The van der Waals surface area contributed by atoms with E-state index >= 15 is 0 Å². The molecule has 0 spiro atoms. The first-order valence-electron chi connectivity index (χ1n) is 11.9. The highest BCUT2D eigenvalue weighted by Crippen LogP contribution is 2.33. The molecule has 8 nitrogen and oxygen atoms in total. The Morgan fingerprint density at radius 2 is 1.97 bits per heavy atom. The van der Waals surface area contributed by atoms with Gasteiger partial charge in [-0.15, -0.1) is 0 Å². The number of piperidine rings is 1. The number of aromatic nitrogens is 5. The third-order valence-corrected chi connectivity index (χ3v) is 6.95. The number of anilines is 1. The predicted molar refractivity (Wildman–Crippen MR) is 124 cm³/mol. The highest BCUT2D eigenvalue weighted by atomic mass is 16.2. The molecule has 170 valence electrons. The van der Waals surface area contributed by atoms with Gasteiger partial charge in [0.25, 0.3) is 5.91 Å². The van der Waals surface area contributed by atoms with E-state index in [1.165, 1.54) is 6.42 Å². The van der Waals surface area contributed by atoms with Crippen LogP contribution in [0.4, 0.5) is 5.82 Å². The molecule has 2 aliphatic heterocycles. The number of rotatable bonds is 4. The van der Waals surface area contributed by atoms with Crippen LogP contribution in [0.25, 0.3) is 5.65 Å². The van der Waals surface area contributed by atoms with Crippen LogP contribution in [0.15, 0.2) is 18.3 Å². The van der Waals surface area contributed by atoms with Gasteiger partial charge in [-0.05, 0) is 58.4 Å². The maximum Gasteiger partial charge on any atom is 0.274 e. The topological polar surface area (TPSA) is 71.6 Å². The van der Waals surface area contributed by atoms with Crippen LogP contribution in [-0.2, 0) is 6.54 Å². The van der Waals surface area contributed by atoms with Gasteiger partial charge in [0, 0.05) is 49.7 Å². The van der Waals surface area contributed by atoms with Crippen molar-refractivity contribution in [2.75, 3.05) is 24.5 Å². The van der Waals surface area contributed by atoms with Crippen LogP contribution < -0.4 is 4.90 Å². The molecule has 5 heterocycles. The number of nitrogens with zero attached hydrogens (tertiary/aromatic N) is 7. The van der Waals surface area contributed by atoms with E-state index in [1.54, 1.807) is 0 Å². The van der Waals surface area contributed by atoms with Crippen LogP contribution in [-0.4, -0.2) is 54.8 Å². The Morgan fingerprint density at radius 3 is 2.69 bits per heavy atom. The first kappa shape index (κ1) is 21.0. The molecule has 8 heteroatoms. The van der Waals surface area contributed by atoms with Gasteiger partial charge in [-0.1, -0.05) is 6.92 Å². The zero-order valence-electron chi connectivity index (χ0n) is 19.6. The van der Waals surface area contributed by atoms with Gasteiger partial charge in [0.1, 0.15) is 5.82 Å². The number of carbonyl (C=O) groups excluding carboxylic acids is 1. The first-order valence-corrected chi connectivity index (χ1v) is 11.9. The molecular weight excluding hydrogens is 402 g/mol. The molecule has 0 radical (unpaired) electrons. The normalized spacial score (nSPS) is 21.6. The molecule has 0 bridgehead atoms. The van der Waals surface area contributed by atoms with E-state index < -0.39 is 0 Å². The number of aryl methyl sites for hydroxylation is 3. The van der Waals surface area contributed by atoms with E-state index in [-0.39, 0.29) is 11.9 Å². The minimum absolute atomic E-state index is 0.00191. The molecule has 3 aromatic rings. The largest absolute Gasteiger partial charge is 0.356 e.